The molecule has 0 saturated carbocycles. The standard InChI is InChI=1S/C16H13F2N3O/c1-21(12-7-8-13(17)14(18)9-12)10-15-19-16(20-22-15)11-5-3-2-4-6-11/h2-9H,10H2,1H3. The molecule has 2 aromatic carbocycles. The summed E-state index contributed by atoms with van der Waals surface area (Å²) in [6.07, 6.45) is 0. The van der Waals surface area contributed by atoms with Crippen molar-refractivity contribution < 1.29 is 13.3 Å². The lowest BCUT2D eigenvalue weighted by Crippen LogP contribution is -2.16. The normalized spacial score (nSPS) is 10.7. The van der Waals surface area contributed by atoms with Gasteiger partial charge in [-0.2, -0.15) is 4.98 Å². The minimum atomic E-state index is -0.889. The maximum absolute atomic E-state index is 13.3. The van der Waals surface area contributed by atoms with Crippen LogP contribution < -0.4 is 4.90 Å². The lowest BCUT2D eigenvalue weighted by atomic mass is 10.2. The van der Waals surface area contributed by atoms with Crippen LogP contribution in [-0.4, -0.2) is 17.2 Å². The van der Waals surface area contributed by atoms with Crippen molar-refractivity contribution in [3.63, 3.8) is 0 Å². The first-order chi connectivity index (χ1) is 10.6. The van der Waals surface area contributed by atoms with Gasteiger partial charge in [0, 0.05) is 24.4 Å². The highest BCUT2D eigenvalue weighted by molar-refractivity contribution is 5.53. The van der Waals surface area contributed by atoms with Crippen LogP contribution >= 0.6 is 0 Å². The van der Waals surface area contributed by atoms with Crippen molar-refractivity contribution in [2.24, 2.45) is 0 Å². The van der Waals surface area contributed by atoms with Crippen molar-refractivity contribution >= 4 is 5.69 Å². The average Bonchev–Trinajstić information content (AvgIpc) is 2.99. The Balaban J connectivity index is 1.76. The van der Waals surface area contributed by atoms with Crippen LogP contribution in [0.5, 0.6) is 0 Å². The molecular weight excluding hydrogens is 288 g/mol. The van der Waals surface area contributed by atoms with E-state index in [1.54, 1.807) is 11.9 Å². The van der Waals surface area contributed by atoms with Crippen LogP contribution in [0.4, 0.5) is 14.5 Å². The van der Waals surface area contributed by atoms with Gasteiger partial charge in [0.15, 0.2) is 11.6 Å². The fourth-order valence-electron chi connectivity index (χ4n) is 2.04. The van der Waals surface area contributed by atoms with Gasteiger partial charge in [-0.25, -0.2) is 8.78 Å². The molecule has 1 heterocycles. The van der Waals surface area contributed by atoms with Crippen LogP contribution in [0.1, 0.15) is 5.89 Å². The number of anilines is 1. The van der Waals surface area contributed by atoms with Gasteiger partial charge in [-0.3, -0.25) is 0 Å². The van der Waals surface area contributed by atoms with Gasteiger partial charge >= 0.3 is 0 Å². The largest absolute Gasteiger partial charge is 0.365 e. The van der Waals surface area contributed by atoms with E-state index in [1.165, 1.54) is 6.07 Å². The second-order valence-electron chi connectivity index (χ2n) is 4.83. The molecule has 0 bridgehead atoms. The third-order valence-electron chi connectivity index (χ3n) is 3.22. The maximum Gasteiger partial charge on any atom is 0.246 e. The molecule has 0 saturated heterocycles. The summed E-state index contributed by atoms with van der Waals surface area (Å²) in [5.74, 6) is -0.874. The highest BCUT2D eigenvalue weighted by Crippen LogP contribution is 2.20. The van der Waals surface area contributed by atoms with E-state index in [0.29, 0.717) is 23.9 Å². The second kappa shape index (κ2) is 5.93. The molecule has 0 aliphatic heterocycles. The Bertz CT molecular complexity index is 774. The Morgan fingerprint density at radius 1 is 1.05 bits per heavy atom. The minimum absolute atomic E-state index is 0.297. The van der Waals surface area contributed by atoms with Crippen molar-refractivity contribution in [3.8, 4) is 11.4 Å². The van der Waals surface area contributed by atoms with E-state index in [2.05, 4.69) is 10.1 Å². The third kappa shape index (κ3) is 2.95. The smallest absolute Gasteiger partial charge is 0.246 e. The van der Waals surface area contributed by atoms with Crippen LogP contribution in [0.3, 0.4) is 0 Å². The van der Waals surface area contributed by atoms with E-state index < -0.39 is 11.6 Å². The first-order valence-electron chi connectivity index (χ1n) is 6.67. The van der Waals surface area contributed by atoms with Crippen molar-refractivity contribution in [1.29, 1.82) is 0 Å². The van der Waals surface area contributed by atoms with E-state index in [0.717, 1.165) is 17.7 Å². The summed E-state index contributed by atoms with van der Waals surface area (Å²) in [5, 5.41) is 3.92. The molecule has 0 aliphatic carbocycles. The minimum Gasteiger partial charge on any atom is -0.365 e. The zero-order chi connectivity index (χ0) is 15.5. The summed E-state index contributed by atoms with van der Waals surface area (Å²) in [7, 11) is 1.74. The molecule has 0 fully saturated rings. The molecule has 112 valence electrons. The van der Waals surface area contributed by atoms with E-state index in [4.69, 9.17) is 4.52 Å². The van der Waals surface area contributed by atoms with Crippen molar-refractivity contribution in [1.82, 2.24) is 10.1 Å². The molecule has 0 atom stereocenters. The predicted molar refractivity (Wildman–Crippen MR) is 78.2 cm³/mol. The summed E-state index contributed by atoms with van der Waals surface area (Å²) < 4.78 is 31.4. The fraction of sp³-hybridized carbons (Fsp3) is 0.125. The monoisotopic (exact) mass is 301 g/mol. The highest BCUT2D eigenvalue weighted by atomic mass is 19.2. The van der Waals surface area contributed by atoms with Crippen molar-refractivity contribution in [2.45, 2.75) is 6.54 Å². The predicted octanol–water partition coefficient (Wildman–Crippen LogP) is 3.65. The molecule has 0 unspecified atom stereocenters. The van der Waals surface area contributed by atoms with Gasteiger partial charge < -0.3 is 9.42 Å². The van der Waals surface area contributed by atoms with E-state index in [1.807, 2.05) is 30.3 Å². The number of benzene rings is 2. The van der Waals surface area contributed by atoms with Gasteiger partial charge in [0.05, 0.1) is 6.54 Å². The van der Waals surface area contributed by atoms with Gasteiger partial charge in [-0.1, -0.05) is 35.5 Å². The Morgan fingerprint density at radius 3 is 2.55 bits per heavy atom. The Hall–Kier alpha value is -2.76. The molecule has 0 N–H and O–H groups in total. The van der Waals surface area contributed by atoms with E-state index in [9.17, 15) is 8.78 Å². The highest BCUT2D eigenvalue weighted by Gasteiger charge is 2.12. The van der Waals surface area contributed by atoms with Crippen molar-refractivity contribution in [2.75, 3.05) is 11.9 Å². The van der Waals surface area contributed by atoms with Gasteiger partial charge in [0.1, 0.15) is 0 Å². The summed E-state index contributed by atoms with van der Waals surface area (Å²) >= 11 is 0. The summed E-state index contributed by atoms with van der Waals surface area (Å²) in [6, 6.07) is 13.2. The maximum atomic E-state index is 13.3. The number of nitrogens with zero attached hydrogens (tertiary/aromatic N) is 3. The topological polar surface area (TPSA) is 42.2 Å². The molecule has 6 heteroatoms. The van der Waals surface area contributed by atoms with Crippen LogP contribution in [0.2, 0.25) is 0 Å². The Kier molecular flexibility index (Phi) is 3.82. The number of halogens is 2. The molecule has 4 nitrogen and oxygen atoms in total. The number of hydrogen-bond acceptors (Lipinski definition) is 4. The Labute approximate surface area is 126 Å². The number of aromatic nitrogens is 2. The van der Waals surface area contributed by atoms with Gasteiger partial charge in [-0.05, 0) is 12.1 Å². The molecule has 22 heavy (non-hydrogen) atoms. The third-order valence-corrected chi connectivity index (χ3v) is 3.22. The molecule has 0 amide bonds. The molecule has 0 radical (unpaired) electrons. The molecule has 0 spiro atoms. The van der Waals surface area contributed by atoms with Crippen molar-refractivity contribution in [3.05, 3.63) is 66.1 Å². The van der Waals surface area contributed by atoms with E-state index >= 15 is 0 Å². The molecule has 1 aromatic heterocycles. The molecule has 3 rings (SSSR count). The number of hydrogen-bond donors (Lipinski definition) is 0. The fourth-order valence-corrected chi connectivity index (χ4v) is 2.04. The lowest BCUT2D eigenvalue weighted by molar-refractivity contribution is 0.378. The Morgan fingerprint density at radius 2 is 1.82 bits per heavy atom. The zero-order valence-corrected chi connectivity index (χ0v) is 11.8. The summed E-state index contributed by atoms with van der Waals surface area (Å²) in [5.41, 5.74) is 1.38. The van der Waals surface area contributed by atoms with Gasteiger partial charge in [0.2, 0.25) is 11.7 Å². The lowest BCUT2D eigenvalue weighted by Gasteiger charge is -2.16. The first kappa shape index (κ1) is 14.2. The quantitative estimate of drug-likeness (QED) is 0.737. The first-order valence-corrected chi connectivity index (χ1v) is 6.67. The van der Waals surface area contributed by atoms with Gasteiger partial charge in [-0.15, -0.1) is 0 Å². The van der Waals surface area contributed by atoms with Crippen LogP contribution in [-0.2, 0) is 6.54 Å². The summed E-state index contributed by atoms with van der Waals surface area (Å²) in [6.45, 7) is 0.297. The van der Waals surface area contributed by atoms with Crippen LogP contribution in [0.25, 0.3) is 11.4 Å². The number of rotatable bonds is 4. The molecule has 0 aliphatic rings. The SMILES string of the molecule is CN(Cc1nc(-c2ccccc2)no1)c1ccc(F)c(F)c1. The summed E-state index contributed by atoms with van der Waals surface area (Å²) in [4.78, 5) is 6.00. The molecular formula is C16H13F2N3O. The average molecular weight is 301 g/mol. The molecule has 3 aromatic rings. The van der Waals surface area contributed by atoms with Crippen LogP contribution in [0.15, 0.2) is 53.1 Å². The second-order valence-corrected chi connectivity index (χ2v) is 4.83. The van der Waals surface area contributed by atoms with E-state index in [-0.39, 0.29) is 0 Å². The van der Waals surface area contributed by atoms with Gasteiger partial charge in [0.25, 0.3) is 0 Å². The van der Waals surface area contributed by atoms with Crippen LogP contribution in [0, 0.1) is 11.6 Å². The zero-order valence-electron chi connectivity index (χ0n) is 11.8.